The van der Waals surface area contributed by atoms with Crippen molar-refractivity contribution in [3.63, 3.8) is 0 Å². The Labute approximate surface area is 245 Å². The van der Waals surface area contributed by atoms with Crippen LogP contribution in [0, 0.1) is 0 Å². The summed E-state index contributed by atoms with van der Waals surface area (Å²) in [5.41, 5.74) is 5.86. The highest BCUT2D eigenvalue weighted by Gasteiger charge is 2.33. The minimum atomic E-state index is -0.0388. The summed E-state index contributed by atoms with van der Waals surface area (Å²) >= 11 is 0. The van der Waals surface area contributed by atoms with Crippen LogP contribution in [0.2, 0.25) is 0 Å². The van der Waals surface area contributed by atoms with Crippen LogP contribution in [0.5, 0.6) is 0 Å². The molecular weight excluding hydrogens is 526 g/mol. The van der Waals surface area contributed by atoms with Crippen molar-refractivity contribution in [2.75, 3.05) is 20.1 Å². The molecule has 0 radical (unpaired) electrons. The summed E-state index contributed by atoms with van der Waals surface area (Å²) in [5.74, 6) is 1.62. The molecule has 214 valence electrons. The van der Waals surface area contributed by atoms with E-state index in [-0.39, 0.29) is 18.1 Å². The number of aromatic nitrogens is 5. The van der Waals surface area contributed by atoms with E-state index in [2.05, 4.69) is 65.8 Å². The largest absolute Gasteiger partial charge is 0.362 e. The molecule has 1 aromatic carbocycles. The van der Waals surface area contributed by atoms with Crippen LogP contribution in [-0.4, -0.2) is 73.0 Å². The van der Waals surface area contributed by atoms with E-state index >= 15 is 0 Å². The zero-order chi connectivity index (χ0) is 28.5. The van der Waals surface area contributed by atoms with Crippen molar-refractivity contribution in [1.82, 2.24) is 45.4 Å². The quantitative estimate of drug-likeness (QED) is 0.313. The molecule has 0 saturated carbocycles. The summed E-state index contributed by atoms with van der Waals surface area (Å²) in [5, 5.41) is 7.22. The number of rotatable bonds is 7. The highest BCUT2D eigenvalue weighted by Crippen LogP contribution is 2.32. The normalized spacial score (nSPS) is 21.9. The molecule has 10 nitrogen and oxygen atoms in total. The molecule has 3 aliphatic heterocycles. The lowest BCUT2D eigenvalue weighted by Crippen LogP contribution is -2.48. The molecule has 2 fully saturated rings. The molecule has 3 aromatic heterocycles. The van der Waals surface area contributed by atoms with Gasteiger partial charge in [-0.3, -0.25) is 9.78 Å². The first-order valence-corrected chi connectivity index (χ1v) is 14.7. The van der Waals surface area contributed by atoms with E-state index in [1.807, 2.05) is 47.8 Å². The standard InChI is InChI=1S/C32H35N9O/c1-40-20-27(39-32(40)25-6-3-13-34-25)24-17-35-30(36-18-24)23-10-8-22(9-11-23)26-19-37-31(38-26)28-7-4-14-41(28)29(42)15-21-5-2-12-33-16-21/h2,5,8-12,16-20,25,28,32,34,39H,3-4,6-7,13-15H2,1H3,(H,37,38)/t25-,28-,32?/m0/s1. The number of aromatic amines is 1. The second-order valence-electron chi connectivity index (χ2n) is 11.3. The number of benzene rings is 1. The molecule has 0 aliphatic carbocycles. The molecule has 2 saturated heterocycles. The first-order chi connectivity index (χ1) is 20.6. The van der Waals surface area contributed by atoms with Crippen LogP contribution in [0.1, 0.15) is 48.7 Å². The SMILES string of the molecule is CN1C=C(c2cnc(-c3ccc(-c4cnc([C@@H]5CCCN5C(=O)Cc5cccnc5)[nH]4)cc3)nc2)NC1[C@@H]1CCCN1. The van der Waals surface area contributed by atoms with E-state index in [9.17, 15) is 4.79 Å². The van der Waals surface area contributed by atoms with Gasteiger partial charge in [0.2, 0.25) is 5.91 Å². The van der Waals surface area contributed by atoms with Gasteiger partial charge in [0.05, 0.1) is 30.1 Å². The fraction of sp³-hybridized carbons (Fsp3) is 0.344. The monoisotopic (exact) mass is 561 g/mol. The van der Waals surface area contributed by atoms with Crippen LogP contribution in [0.25, 0.3) is 28.3 Å². The Morgan fingerprint density at radius 3 is 2.55 bits per heavy atom. The first-order valence-electron chi connectivity index (χ1n) is 14.7. The molecule has 6 heterocycles. The van der Waals surface area contributed by atoms with Crippen molar-refractivity contribution in [3.05, 3.63) is 90.5 Å². The van der Waals surface area contributed by atoms with E-state index in [0.29, 0.717) is 18.3 Å². The van der Waals surface area contributed by atoms with Gasteiger partial charge < -0.3 is 25.4 Å². The van der Waals surface area contributed by atoms with E-state index in [1.54, 1.807) is 12.4 Å². The Morgan fingerprint density at radius 2 is 1.79 bits per heavy atom. The molecule has 42 heavy (non-hydrogen) atoms. The van der Waals surface area contributed by atoms with Crippen molar-refractivity contribution in [2.45, 2.75) is 50.4 Å². The average molecular weight is 562 g/mol. The highest BCUT2D eigenvalue weighted by molar-refractivity contribution is 5.79. The van der Waals surface area contributed by atoms with Crippen molar-refractivity contribution < 1.29 is 4.79 Å². The number of pyridine rings is 1. The van der Waals surface area contributed by atoms with E-state index in [0.717, 1.165) is 65.4 Å². The highest BCUT2D eigenvalue weighted by atomic mass is 16.2. The lowest BCUT2D eigenvalue weighted by Gasteiger charge is -2.27. The van der Waals surface area contributed by atoms with Crippen molar-refractivity contribution in [2.24, 2.45) is 0 Å². The fourth-order valence-electron chi connectivity index (χ4n) is 6.30. The predicted octanol–water partition coefficient (Wildman–Crippen LogP) is 3.75. The van der Waals surface area contributed by atoms with Gasteiger partial charge in [-0.15, -0.1) is 0 Å². The molecule has 1 amide bonds. The second kappa shape index (κ2) is 11.4. The zero-order valence-corrected chi connectivity index (χ0v) is 23.7. The molecule has 10 heteroatoms. The maximum Gasteiger partial charge on any atom is 0.227 e. The molecule has 3 N–H and O–H groups in total. The Bertz CT molecular complexity index is 1560. The number of nitrogens with zero attached hydrogens (tertiary/aromatic N) is 6. The maximum absolute atomic E-state index is 13.1. The van der Waals surface area contributed by atoms with Gasteiger partial charge in [-0.25, -0.2) is 15.0 Å². The lowest BCUT2D eigenvalue weighted by atomic mass is 10.1. The summed E-state index contributed by atoms with van der Waals surface area (Å²) in [4.78, 5) is 38.9. The van der Waals surface area contributed by atoms with Gasteiger partial charge in [-0.1, -0.05) is 30.3 Å². The van der Waals surface area contributed by atoms with Gasteiger partial charge in [0, 0.05) is 61.7 Å². The number of carbonyl (C=O) groups is 1. The zero-order valence-electron chi connectivity index (χ0n) is 23.7. The lowest BCUT2D eigenvalue weighted by molar-refractivity contribution is -0.131. The number of carbonyl (C=O) groups excluding carboxylic acids is 1. The van der Waals surface area contributed by atoms with Crippen LogP contribution in [0.3, 0.4) is 0 Å². The molecule has 7 rings (SSSR count). The topological polar surface area (TPSA) is 115 Å². The Kier molecular flexibility index (Phi) is 7.13. The van der Waals surface area contributed by atoms with Crippen molar-refractivity contribution >= 4 is 11.6 Å². The van der Waals surface area contributed by atoms with Gasteiger partial charge in [0.1, 0.15) is 12.0 Å². The van der Waals surface area contributed by atoms with Gasteiger partial charge in [-0.2, -0.15) is 0 Å². The van der Waals surface area contributed by atoms with Gasteiger partial charge >= 0.3 is 0 Å². The third kappa shape index (κ3) is 5.25. The van der Waals surface area contributed by atoms with Crippen molar-refractivity contribution in [3.8, 4) is 22.6 Å². The second-order valence-corrected chi connectivity index (χ2v) is 11.3. The molecule has 0 spiro atoms. The summed E-state index contributed by atoms with van der Waals surface area (Å²) in [6.07, 6.45) is 16.1. The fourth-order valence-corrected chi connectivity index (χ4v) is 6.30. The molecule has 4 aromatic rings. The maximum atomic E-state index is 13.1. The van der Waals surface area contributed by atoms with E-state index in [4.69, 9.17) is 0 Å². The number of imidazole rings is 1. The van der Waals surface area contributed by atoms with Crippen LogP contribution in [-0.2, 0) is 11.2 Å². The first kappa shape index (κ1) is 26.3. The van der Waals surface area contributed by atoms with Crippen LogP contribution in [0.15, 0.2) is 73.6 Å². The van der Waals surface area contributed by atoms with Crippen LogP contribution >= 0.6 is 0 Å². The third-order valence-corrected chi connectivity index (χ3v) is 8.53. The Morgan fingerprint density at radius 1 is 0.952 bits per heavy atom. The molecule has 0 bridgehead atoms. The Hall–Kier alpha value is -4.57. The number of nitrogens with one attached hydrogen (secondary N) is 3. The van der Waals surface area contributed by atoms with E-state index in [1.165, 1.54) is 12.8 Å². The van der Waals surface area contributed by atoms with Gasteiger partial charge in [0.25, 0.3) is 0 Å². The number of hydrogen-bond acceptors (Lipinski definition) is 8. The average Bonchev–Trinajstić information content (AvgIpc) is 3.84. The number of likely N-dealkylation sites (tertiary alicyclic amines) is 1. The number of H-pyrrole nitrogens is 1. The van der Waals surface area contributed by atoms with Crippen molar-refractivity contribution in [1.29, 1.82) is 0 Å². The number of likely N-dealkylation sites (N-methyl/N-ethyl adjacent to an activating group) is 1. The molecule has 1 unspecified atom stereocenters. The third-order valence-electron chi connectivity index (χ3n) is 8.53. The molecular formula is C32H35N9O. The number of amides is 1. The Balaban J connectivity index is 1.01. The summed E-state index contributed by atoms with van der Waals surface area (Å²) in [7, 11) is 2.11. The smallest absolute Gasteiger partial charge is 0.227 e. The molecule has 3 atom stereocenters. The summed E-state index contributed by atoms with van der Waals surface area (Å²) in [6.45, 7) is 1.83. The minimum Gasteiger partial charge on any atom is -0.362 e. The van der Waals surface area contributed by atoms with Gasteiger partial charge in [-0.05, 0) is 49.4 Å². The number of hydrogen-bond donors (Lipinski definition) is 3. The van der Waals surface area contributed by atoms with Crippen LogP contribution < -0.4 is 10.6 Å². The van der Waals surface area contributed by atoms with E-state index < -0.39 is 0 Å². The van der Waals surface area contributed by atoms with Crippen LogP contribution in [0.4, 0.5) is 0 Å². The van der Waals surface area contributed by atoms with Gasteiger partial charge in [0.15, 0.2) is 5.82 Å². The summed E-state index contributed by atoms with van der Waals surface area (Å²) in [6, 6.07) is 12.4. The predicted molar refractivity (Wildman–Crippen MR) is 160 cm³/mol. The summed E-state index contributed by atoms with van der Waals surface area (Å²) < 4.78 is 0. The minimum absolute atomic E-state index is 0.0388. The molecule has 3 aliphatic rings.